The molecule has 0 spiro atoms. The highest BCUT2D eigenvalue weighted by atomic mass is 35.5. The Hall–Kier alpha value is -2.74. The Morgan fingerprint density at radius 2 is 1.96 bits per heavy atom. The Labute approximate surface area is 144 Å². The lowest BCUT2D eigenvalue weighted by molar-refractivity contribution is -0.147. The molecule has 0 aliphatic heterocycles. The quantitative estimate of drug-likeness (QED) is 0.684. The molecule has 2 N–H and O–H groups in total. The molecule has 0 fully saturated rings. The normalized spacial score (nSPS) is 11.7. The number of alkyl halides is 3. The van der Waals surface area contributed by atoms with Crippen molar-refractivity contribution in [3.8, 4) is 5.75 Å². The van der Waals surface area contributed by atoms with Crippen LogP contribution in [0.4, 0.5) is 18.9 Å². The number of para-hydroxylation sites is 2. The van der Waals surface area contributed by atoms with Crippen molar-refractivity contribution in [3.63, 3.8) is 0 Å². The molecule has 0 radical (unpaired) electrons. The minimum absolute atomic E-state index is 0.0485. The third-order valence-electron chi connectivity index (χ3n) is 3.44. The number of carbonyl (C=O) groups is 1. The van der Waals surface area contributed by atoms with Crippen molar-refractivity contribution in [2.24, 2.45) is 0 Å². The van der Waals surface area contributed by atoms with Crippen LogP contribution in [0.3, 0.4) is 0 Å². The second-order valence-corrected chi connectivity index (χ2v) is 5.65. The largest absolute Gasteiger partial charge is 0.506 e. The number of nitrogens with zero attached hydrogens (tertiary/aromatic N) is 2. The summed E-state index contributed by atoms with van der Waals surface area (Å²) in [6.07, 6.45) is -4.71. The van der Waals surface area contributed by atoms with Crippen LogP contribution in [0.15, 0.2) is 42.5 Å². The van der Waals surface area contributed by atoms with E-state index < -0.39 is 24.5 Å². The molecule has 2 aromatic carbocycles. The topological polar surface area (TPSA) is 67.2 Å². The third kappa shape index (κ3) is 3.53. The Morgan fingerprint density at radius 3 is 2.64 bits per heavy atom. The predicted molar refractivity (Wildman–Crippen MR) is 86.5 cm³/mol. The average Bonchev–Trinajstić information content (AvgIpc) is 2.89. The molecule has 1 aromatic heterocycles. The van der Waals surface area contributed by atoms with E-state index in [1.807, 2.05) is 0 Å². The van der Waals surface area contributed by atoms with Crippen LogP contribution in [0.25, 0.3) is 11.0 Å². The maximum absolute atomic E-state index is 13.2. The number of hydrogen-bond donors (Lipinski definition) is 2. The van der Waals surface area contributed by atoms with Gasteiger partial charge in [0.25, 0.3) is 0 Å². The highest BCUT2D eigenvalue weighted by molar-refractivity contribution is 6.30. The van der Waals surface area contributed by atoms with E-state index in [-0.39, 0.29) is 27.5 Å². The van der Waals surface area contributed by atoms with Crippen molar-refractivity contribution in [3.05, 3.63) is 53.3 Å². The van der Waals surface area contributed by atoms with Crippen LogP contribution in [-0.2, 0) is 17.5 Å². The lowest BCUT2D eigenvalue weighted by Gasteiger charge is -2.12. The number of aromatic nitrogens is 2. The van der Waals surface area contributed by atoms with Gasteiger partial charge in [-0.3, -0.25) is 4.79 Å². The number of benzene rings is 2. The van der Waals surface area contributed by atoms with E-state index in [4.69, 9.17) is 11.6 Å². The van der Waals surface area contributed by atoms with E-state index in [9.17, 15) is 23.1 Å². The summed E-state index contributed by atoms with van der Waals surface area (Å²) in [5.41, 5.74) is 0.370. The summed E-state index contributed by atoms with van der Waals surface area (Å²) >= 11 is 5.69. The van der Waals surface area contributed by atoms with Gasteiger partial charge in [0.2, 0.25) is 11.7 Å². The number of fused-ring (bicyclic) bond motifs is 1. The van der Waals surface area contributed by atoms with E-state index in [0.717, 1.165) is 4.57 Å². The smallest absolute Gasteiger partial charge is 0.449 e. The number of aromatic hydroxyl groups is 1. The monoisotopic (exact) mass is 369 g/mol. The van der Waals surface area contributed by atoms with Gasteiger partial charge in [0.15, 0.2) is 0 Å². The lowest BCUT2D eigenvalue weighted by atomic mass is 10.3. The molecule has 130 valence electrons. The van der Waals surface area contributed by atoms with E-state index in [1.165, 1.54) is 30.3 Å². The minimum Gasteiger partial charge on any atom is -0.506 e. The minimum atomic E-state index is -4.71. The summed E-state index contributed by atoms with van der Waals surface area (Å²) in [6.45, 7) is -0.614. The average molecular weight is 370 g/mol. The fraction of sp³-hybridized carbons (Fsp3) is 0.125. The maximum Gasteiger partial charge on any atom is 0.449 e. The zero-order valence-electron chi connectivity index (χ0n) is 12.5. The van der Waals surface area contributed by atoms with Crippen molar-refractivity contribution in [1.29, 1.82) is 0 Å². The van der Waals surface area contributed by atoms with Crippen LogP contribution in [-0.4, -0.2) is 20.6 Å². The van der Waals surface area contributed by atoms with Crippen LogP contribution < -0.4 is 5.32 Å². The number of amides is 1. The number of phenolic OH excluding ortho intramolecular Hbond substituents is 1. The Balaban J connectivity index is 1.93. The van der Waals surface area contributed by atoms with Gasteiger partial charge in [0.05, 0.1) is 16.7 Å². The molecule has 3 aromatic rings. The van der Waals surface area contributed by atoms with Gasteiger partial charge in [-0.2, -0.15) is 13.2 Å². The summed E-state index contributed by atoms with van der Waals surface area (Å²) in [5, 5.41) is 12.3. The van der Waals surface area contributed by atoms with Gasteiger partial charge < -0.3 is 15.0 Å². The molecule has 0 aliphatic carbocycles. The summed E-state index contributed by atoms with van der Waals surface area (Å²) in [4.78, 5) is 15.7. The fourth-order valence-electron chi connectivity index (χ4n) is 2.40. The summed E-state index contributed by atoms with van der Waals surface area (Å²) < 4.78 is 40.4. The number of phenols is 1. The van der Waals surface area contributed by atoms with Crippen LogP contribution >= 0.6 is 11.6 Å². The number of imidazole rings is 1. The standard InChI is InChI=1S/C16H11ClF3N3O2/c17-9-5-6-11(13(24)7-9)21-14(25)8-23-12-4-2-1-3-10(12)22-15(23)16(18,19)20/h1-7,24H,8H2,(H,21,25). The number of rotatable bonds is 3. The van der Waals surface area contributed by atoms with Gasteiger partial charge in [-0.15, -0.1) is 0 Å². The molecule has 1 heterocycles. The first kappa shape index (κ1) is 17.1. The molecule has 0 saturated carbocycles. The van der Waals surface area contributed by atoms with Gasteiger partial charge >= 0.3 is 6.18 Å². The summed E-state index contributed by atoms with van der Waals surface area (Å²) in [5.74, 6) is -2.19. The zero-order valence-corrected chi connectivity index (χ0v) is 13.3. The van der Waals surface area contributed by atoms with Crippen LogP contribution in [0.2, 0.25) is 5.02 Å². The van der Waals surface area contributed by atoms with E-state index in [0.29, 0.717) is 0 Å². The van der Waals surface area contributed by atoms with Gasteiger partial charge in [-0.05, 0) is 24.3 Å². The second kappa shape index (κ2) is 6.29. The van der Waals surface area contributed by atoms with Crippen LogP contribution in [0.5, 0.6) is 5.75 Å². The van der Waals surface area contributed by atoms with Crippen molar-refractivity contribution in [2.45, 2.75) is 12.7 Å². The zero-order chi connectivity index (χ0) is 18.2. The van der Waals surface area contributed by atoms with Crippen LogP contribution in [0, 0.1) is 0 Å². The van der Waals surface area contributed by atoms with Crippen molar-refractivity contribution in [2.75, 3.05) is 5.32 Å². The van der Waals surface area contributed by atoms with Crippen molar-refractivity contribution in [1.82, 2.24) is 9.55 Å². The fourth-order valence-corrected chi connectivity index (χ4v) is 2.56. The molecule has 9 heteroatoms. The van der Waals surface area contributed by atoms with Crippen LogP contribution in [0.1, 0.15) is 5.82 Å². The van der Waals surface area contributed by atoms with E-state index >= 15 is 0 Å². The highest BCUT2D eigenvalue weighted by Crippen LogP contribution is 2.32. The number of hydrogen-bond acceptors (Lipinski definition) is 3. The Morgan fingerprint density at radius 1 is 1.24 bits per heavy atom. The Kier molecular flexibility index (Phi) is 4.30. The number of anilines is 1. The Bertz CT molecular complexity index is 953. The van der Waals surface area contributed by atoms with E-state index in [1.54, 1.807) is 12.1 Å². The SMILES string of the molecule is O=C(Cn1c(C(F)(F)F)nc2ccccc21)Nc1ccc(Cl)cc1O. The molecule has 0 aliphatic rings. The van der Waals surface area contributed by atoms with Gasteiger partial charge in [-0.1, -0.05) is 23.7 Å². The predicted octanol–water partition coefficient (Wildman–Crippen LogP) is 4.05. The molecule has 1 amide bonds. The highest BCUT2D eigenvalue weighted by Gasteiger charge is 2.38. The molecule has 0 saturated heterocycles. The lowest BCUT2D eigenvalue weighted by Crippen LogP contribution is -2.23. The first-order chi connectivity index (χ1) is 11.8. The van der Waals surface area contributed by atoms with Crippen molar-refractivity contribution >= 4 is 34.2 Å². The van der Waals surface area contributed by atoms with Crippen molar-refractivity contribution < 1.29 is 23.1 Å². The maximum atomic E-state index is 13.2. The second-order valence-electron chi connectivity index (χ2n) is 5.22. The van der Waals surface area contributed by atoms with Gasteiger partial charge in [0, 0.05) is 11.1 Å². The van der Waals surface area contributed by atoms with Gasteiger partial charge in [-0.25, -0.2) is 4.98 Å². The molecule has 3 rings (SSSR count). The third-order valence-corrected chi connectivity index (χ3v) is 3.68. The molecule has 0 unspecified atom stereocenters. The number of halogens is 4. The first-order valence-electron chi connectivity index (χ1n) is 7.06. The summed E-state index contributed by atoms with van der Waals surface area (Å²) in [6, 6.07) is 10.0. The molecule has 5 nitrogen and oxygen atoms in total. The first-order valence-corrected chi connectivity index (χ1v) is 7.44. The molecular weight excluding hydrogens is 359 g/mol. The molecule has 0 bridgehead atoms. The van der Waals surface area contributed by atoms with E-state index in [2.05, 4.69) is 10.3 Å². The molecule has 0 atom stereocenters. The number of carbonyl (C=O) groups excluding carboxylic acids is 1. The molecular formula is C16H11ClF3N3O2. The summed E-state index contributed by atoms with van der Waals surface area (Å²) in [7, 11) is 0. The molecule has 25 heavy (non-hydrogen) atoms. The van der Waals surface area contributed by atoms with Gasteiger partial charge in [0.1, 0.15) is 12.3 Å². The number of nitrogens with one attached hydrogen (secondary N) is 1.